The van der Waals surface area contributed by atoms with Crippen molar-refractivity contribution in [1.29, 1.82) is 0 Å². The first kappa shape index (κ1) is 23.3. The largest absolute Gasteiger partial charge is 0.497 e. The molecule has 3 N–H and O–H groups in total. The predicted octanol–water partition coefficient (Wildman–Crippen LogP) is 2.00. The van der Waals surface area contributed by atoms with Gasteiger partial charge in [-0.2, -0.15) is 0 Å². The van der Waals surface area contributed by atoms with E-state index in [0.717, 1.165) is 11.3 Å². The van der Waals surface area contributed by atoms with Crippen molar-refractivity contribution >= 4 is 30.7 Å². The first-order chi connectivity index (χ1) is 9.25. The van der Waals surface area contributed by atoms with E-state index in [0.29, 0.717) is 6.54 Å². The molecule has 1 aromatic carbocycles. The van der Waals surface area contributed by atoms with Gasteiger partial charge in [0.1, 0.15) is 5.75 Å². The maximum atomic E-state index is 11.9. The van der Waals surface area contributed by atoms with E-state index in [1.165, 1.54) is 0 Å². The van der Waals surface area contributed by atoms with E-state index in [9.17, 15) is 4.79 Å². The highest BCUT2D eigenvalue weighted by Gasteiger charge is 2.23. The molecular weight excluding hydrogens is 325 g/mol. The number of rotatable bonds is 6. The maximum Gasteiger partial charge on any atom is 0.239 e. The van der Waals surface area contributed by atoms with Gasteiger partial charge in [-0.15, -0.1) is 24.8 Å². The van der Waals surface area contributed by atoms with Crippen LogP contribution in [0.5, 0.6) is 5.75 Å². The third kappa shape index (κ3) is 6.83. The minimum Gasteiger partial charge on any atom is -0.497 e. The number of carbonyl (C=O) groups excluding carboxylic acids is 1. The van der Waals surface area contributed by atoms with Gasteiger partial charge in [-0.05, 0) is 45.6 Å². The number of hydrogen-bond donors (Lipinski definition) is 2. The molecule has 0 saturated heterocycles. The van der Waals surface area contributed by atoms with Crippen LogP contribution in [0.3, 0.4) is 0 Å². The van der Waals surface area contributed by atoms with Crippen LogP contribution in [-0.2, 0) is 4.79 Å². The Labute approximate surface area is 145 Å². The number of methoxy groups -OCH3 is 1. The first-order valence-corrected chi connectivity index (χ1v) is 6.63. The molecule has 0 saturated carbocycles. The number of amides is 1. The summed E-state index contributed by atoms with van der Waals surface area (Å²) in [6, 6.07) is 7.91. The Morgan fingerprint density at radius 2 is 1.95 bits per heavy atom. The Kier molecular flexibility index (Phi) is 10.5. The molecule has 128 valence electrons. The fourth-order valence-corrected chi connectivity index (χ4v) is 1.86. The maximum absolute atomic E-state index is 11.9. The average molecular weight is 352 g/mol. The molecule has 1 atom stereocenters. The molecule has 0 heterocycles. The number of likely N-dealkylation sites (N-methyl/N-ethyl adjacent to an activating group) is 1. The third-order valence-corrected chi connectivity index (χ3v) is 3.14. The molecule has 1 rings (SSSR count). The van der Waals surface area contributed by atoms with Gasteiger partial charge in [0.15, 0.2) is 0 Å². The Morgan fingerprint density at radius 3 is 2.41 bits per heavy atom. The van der Waals surface area contributed by atoms with E-state index in [2.05, 4.69) is 10.2 Å². The van der Waals surface area contributed by atoms with Gasteiger partial charge in [-0.1, -0.05) is 12.1 Å². The normalized spacial score (nSPS) is 12.0. The third-order valence-electron chi connectivity index (χ3n) is 3.14. The van der Waals surface area contributed by atoms with Crippen LogP contribution in [0.15, 0.2) is 24.3 Å². The van der Waals surface area contributed by atoms with E-state index < -0.39 is 5.54 Å². The summed E-state index contributed by atoms with van der Waals surface area (Å²) in [5.74, 6) is 0.645. The highest BCUT2D eigenvalue weighted by Crippen LogP contribution is 2.22. The fraction of sp³-hybridized carbons (Fsp3) is 0.533. The first-order valence-electron chi connectivity index (χ1n) is 6.63. The Morgan fingerprint density at radius 1 is 1.36 bits per heavy atom. The van der Waals surface area contributed by atoms with Crippen LogP contribution in [0, 0.1) is 0 Å². The molecule has 0 aromatic heterocycles. The predicted molar refractivity (Wildman–Crippen MR) is 95.2 cm³/mol. The number of benzene rings is 1. The number of nitrogens with zero attached hydrogens (tertiary/aromatic N) is 1. The van der Waals surface area contributed by atoms with Crippen molar-refractivity contribution in [3.63, 3.8) is 0 Å². The summed E-state index contributed by atoms with van der Waals surface area (Å²) >= 11 is 0. The zero-order valence-corrected chi connectivity index (χ0v) is 15.4. The van der Waals surface area contributed by atoms with E-state index >= 15 is 0 Å². The van der Waals surface area contributed by atoms with Crippen molar-refractivity contribution in [3.05, 3.63) is 29.8 Å². The van der Waals surface area contributed by atoms with Crippen molar-refractivity contribution in [1.82, 2.24) is 10.2 Å². The Bertz CT molecular complexity index is 462. The highest BCUT2D eigenvalue weighted by molar-refractivity contribution is 5.86. The lowest BCUT2D eigenvalue weighted by Gasteiger charge is -2.27. The van der Waals surface area contributed by atoms with Crippen molar-refractivity contribution in [3.8, 4) is 5.75 Å². The van der Waals surface area contributed by atoms with Crippen LogP contribution in [0.1, 0.15) is 25.5 Å². The van der Waals surface area contributed by atoms with Gasteiger partial charge in [0.05, 0.1) is 18.7 Å². The Hall–Kier alpha value is -1.01. The van der Waals surface area contributed by atoms with E-state index in [1.54, 1.807) is 21.0 Å². The lowest BCUT2D eigenvalue weighted by atomic mass is 10.0. The van der Waals surface area contributed by atoms with E-state index in [-0.39, 0.29) is 36.8 Å². The van der Waals surface area contributed by atoms with Crippen LogP contribution in [0.4, 0.5) is 0 Å². The molecule has 0 aliphatic carbocycles. The number of hydrogen-bond acceptors (Lipinski definition) is 4. The average Bonchev–Trinajstić information content (AvgIpc) is 2.37. The summed E-state index contributed by atoms with van der Waals surface area (Å²) in [4.78, 5) is 13.9. The quantitative estimate of drug-likeness (QED) is 0.822. The summed E-state index contributed by atoms with van der Waals surface area (Å²) < 4.78 is 5.24. The van der Waals surface area contributed by atoms with Crippen LogP contribution < -0.4 is 15.8 Å². The number of carbonyl (C=O) groups is 1. The van der Waals surface area contributed by atoms with E-state index in [1.807, 2.05) is 38.4 Å². The number of nitrogens with one attached hydrogen (secondary N) is 1. The second-order valence-corrected chi connectivity index (χ2v) is 5.69. The topological polar surface area (TPSA) is 67.6 Å². The molecule has 7 heteroatoms. The molecule has 0 aliphatic heterocycles. The Balaban J connectivity index is 0. The summed E-state index contributed by atoms with van der Waals surface area (Å²) in [6.45, 7) is 3.89. The zero-order chi connectivity index (χ0) is 15.3. The number of halogens is 2. The summed E-state index contributed by atoms with van der Waals surface area (Å²) in [5.41, 5.74) is 6.00. The van der Waals surface area contributed by atoms with Crippen molar-refractivity contribution in [2.75, 3.05) is 27.7 Å². The van der Waals surface area contributed by atoms with Gasteiger partial charge in [0.2, 0.25) is 5.91 Å². The number of ether oxygens (including phenoxy) is 1. The molecule has 1 aromatic rings. The molecule has 0 radical (unpaired) electrons. The van der Waals surface area contributed by atoms with Gasteiger partial charge in [-0.25, -0.2) is 0 Å². The lowest BCUT2D eigenvalue weighted by molar-refractivity contribution is -0.125. The fourth-order valence-electron chi connectivity index (χ4n) is 1.86. The second kappa shape index (κ2) is 9.90. The van der Waals surface area contributed by atoms with Crippen molar-refractivity contribution in [2.45, 2.75) is 25.4 Å². The molecule has 1 amide bonds. The van der Waals surface area contributed by atoms with Gasteiger partial charge < -0.3 is 20.7 Å². The molecule has 22 heavy (non-hydrogen) atoms. The summed E-state index contributed by atoms with van der Waals surface area (Å²) in [7, 11) is 5.59. The smallest absolute Gasteiger partial charge is 0.239 e. The van der Waals surface area contributed by atoms with Gasteiger partial charge in [0, 0.05) is 6.54 Å². The van der Waals surface area contributed by atoms with Crippen LogP contribution in [0.2, 0.25) is 0 Å². The molecule has 0 fully saturated rings. The molecular formula is C15H27Cl2N3O2. The van der Waals surface area contributed by atoms with Gasteiger partial charge in [0.25, 0.3) is 0 Å². The molecule has 0 aliphatic rings. The van der Waals surface area contributed by atoms with Crippen LogP contribution in [0.25, 0.3) is 0 Å². The van der Waals surface area contributed by atoms with Gasteiger partial charge >= 0.3 is 0 Å². The van der Waals surface area contributed by atoms with Crippen LogP contribution >= 0.6 is 24.8 Å². The number of nitrogens with two attached hydrogens (primary N) is 1. The molecule has 1 unspecified atom stereocenters. The minimum atomic E-state index is -0.870. The minimum absolute atomic E-state index is 0. The summed E-state index contributed by atoms with van der Waals surface area (Å²) in [5, 5.41) is 2.89. The summed E-state index contributed by atoms with van der Waals surface area (Å²) in [6.07, 6.45) is 0. The SMILES string of the molecule is COc1cccc(C(CNC(=O)C(C)(C)N)N(C)C)c1.Cl.Cl. The second-order valence-electron chi connectivity index (χ2n) is 5.69. The molecule has 0 bridgehead atoms. The zero-order valence-electron chi connectivity index (χ0n) is 13.8. The standard InChI is InChI=1S/C15H25N3O2.2ClH/c1-15(2,16)14(19)17-10-13(18(3)4)11-7-6-8-12(9-11)20-5;;/h6-9,13H,10,16H2,1-5H3,(H,17,19);2*1H. The van der Waals surface area contributed by atoms with Gasteiger partial charge in [-0.3, -0.25) is 4.79 Å². The highest BCUT2D eigenvalue weighted by atomic mass is 35.5. The van der Waals surface area contributed by atoms with Crippen molar-refractivity contribution in [2.24, 2.45) is 5.73 Å². The van der Waals surface area contributed by atoms with Crippen molar-refractivity contribution < 1.29 is 9.53 Å². The van der Waals surface area contributed by atoms with Crippen LogP contribution in [-0.4, -0.2) is 44.1 Å². The lowest BCUT2D eigenvalue weighted by Crippen LogP contribution is -2.50. The van der Waals surface area contributed by atoms with E-state index in [4.69, 9.17) is 10.5 Å². The molecule has 0 spiro atoms. The monoisotopic (exact) mass is 351 g/mol. The molecule has 5 nitrogen and oxygen atoms in total.